The zero-order valence-electron chi connectivity index (χ0n) is 8.61. The van der Waals surface area contributed by atoms with Crippen molar-refractivity contribution in [2.75, 3.05) is 5.73 Å². The van der Waals surface area contributed by atoms with E-state index in [0.717, 1.165) is 12.8 Å². The molecule has 0 aromatic carbocycles. The average Bonchev–Trinajstić information content (AvgIpc) is 2.24. The van der Waals surface area contributed by atoms with Crippen LogP contribution in [-0.4, -0.2) is 9.55 Å². The third-order valence-corrected chi connectivity index (χ3v) is 2.30. The number of nitrogens with zero attached hydrogens (tertiary/aromatic N) is 2. The first-order chi connectivity index (χ1) is 7.16. The quantitative estimate of drug-likeness (QED) is 0.799. The Labute approximate surface area is 93.4 Å². The molecule has 5 heteroatoms. The van der Waals surface area contributed by atoms with Crippen molar-refractivity contribution < 1.29 is 0 Å². The summed E-state index contributed by atoms with van der Waals surface area (Å²) in [6, 6.07) is 0. The van der Waals surface area contributed by atoms with Gasteiger partial charge >= 0.3 is 0 Å². The Morgan fingerprint density at radius 1 is 1.60 bits per heavy atom. The topological polar surface area (TPSA) is 60.9 Å². The predicted molar refractivity (Wildman–Crippen MR) is 62.0 cm³/mol. The van der Waals surface area contributed by atoms with Gasteiger partial charge in [0.15, 0.2) is 0 Å². The Balaban J connectivity index is 2.75. The maximum Gasteiger partial charge on any atom is 0.274 e. The summed E-state index contributed by atoms with van der Waals surface area (Å²) in [7, 11) is 0. The SMILES string of the molecule is CC/C=C/CCn1cnc(N)c(Cl)c1=O. The Kier molecular flexibility index (Phi) is 4.37. The highest BCUT2D eigenvalue weighted by Gasteiger charge is 2.05. The minimum absolute atomic E-state index is 0.00280. The fourth-order valence-corrected chi connectivity index (χ4v) is 1.29. The fraction of sp³-hybridized carbons (Fsp3) is 0.400. The van der Waals surface area contributed by atoms with Gasteiger partial charge in [0.25, 0.3) is 5.56 Å². The van der Waals surface area contributed by atoms with Gasteiger partial charge in [0, 0.05) is 6.54 Å². The van der Waals surface area contributed by atoms with Crippen molar-refractivity contribution in [3.63, 3.8) is 0 Å². The molecule has 0 fully saturated rings. The number of aryl methyl sites for hydroxylation is 1. The molecule has 0 atom stereocenters. The van der Waals surface area contributed by atoms with Crippen LogP contribution in [-0.2, 0) is 6.54 Å². The van der Waals surface area contributed by atoms with Crippen LogP contribution in [0.25, 0.3) is 0 Å². The van der Waals surface area contributed by atoms with Crippen molar-refractivity contribution in [1.82, 2.24) is 9.55 Å². The lowest BCUT2D eigenvalue weighted by atomic mass is 10.3. The second-order valence-corrected chi connectivity index (χ2v) is 3.49. The van der Waals surface area contributed by atoms with Crippen LogP contribution < -0.4 is 11.3 Å². The fourth-order valence-electron chi connectivity index (χ4n) is 1.13. The van der Waals surface area contributed by atoms with Crippen LogP contribution in [0.3, 0.4) is 0 Å². The van der Waals surface area contributed by atoms with Gasteiger partial charge < -0.3 is 5.73 Å². The summed E-state index contributed by atoms with van der Waals surface area (Å²) >= 11 is 5.68. The van der Waals surface area contributed by atoms with E-state index >= 15 is 0 Å². The highest BCUT2D eigenvalue weighted by molar-refractivity contribution is 6.32. The maximum absolute atomic E-state index is 11.5. The average molecular weight is 228 g/mol. The molecular formula is C10H14ClN3O. The van der Waals surface area contributed by atoms with E-state index in [4.69, 9.17) is 17.3 Å². The molecule has 1 rings (SSSR count). The Morgan fingerprint density at radius 3 is 3.00 bits per heavy atom. The summed E-state index contributed by atoms with van der Waals surface area (Å²) in [5.74, 6) is 0.0852. The normalized spacial score (nSPS) is 11.1. The number of aromatic nitrogens is 2. The smallest absolute Gasteiger partial charge is 0.274 e. The van der Waals surface area contributed by atoms with Crippen molar-refractivity contribution in [2.45, 2.75) is 26.3 Å². The van der Waals surface area contributed by atoms with Gasteiger partial charge in [-0.3, -0.25) is 9.36 Å². The van der Waals surface area contributed by atoms with Crippen LogP contribution in [0.5, 0.6) is 0 Å². The summed E-state index contributed by atoms with van der Waals surface area (Å²) in [6.45, 7) is 2.63. The Morgan fingerprint density at radius 2 is 2.33 bits per heavy atom. The van der Waals surface area contributed by atoms with E-state index in [1.165, 1.54) is 10.9 Å². The number of halogens is 1. The van der Waals surface area contributed by atoms with Gasteiger partial charge in [-0.1, -0.05) is 30.7 Å². The van der Waals surface area contributed by atoms with Crippen molar-refractivity contribution in [3.05, 3.63) is 33.9 Å². The van der Waals surface area contributed by atoms with E-state index in [9.17, 15) is 4.79 Å². The number of rotatable bonds is 4. The second-order valence-electron chi connectivity index (χ2n) is 3.11. The van der Waals surface area contributed by atoms with E-state index < -0.39 is 0 Å². The molecule has 2 N–H and O–H groups in total. The van der Waals surface area contributed by atoms with E-state index in [0.29, 0.717) is 6.54 Å². The molecule has 0 aliphatic carbocycles. The summed E-state index contributed by atoms with van der Waals surface area (Å²) < 4.78 is 1.46. The molecular weight excluding hydrogens is 214 g/mol. The third kappa shape index (κ3) is 3.09. The summed E-state index contributed by atoms with van der Waals surface area (Å²) in [5.41, 5.74) is 5.11. The van der Waals surface area contributed by atoms with Gasteiger partial charge in [-0.05, 0) is 12.8 Å². The molecule has 0 unspecified atom stereocenters. The van der Waals surface area contributed by atoms with Crippen molar-refractivity contribution in [2.24, 2.45) is 0 Å². The van der Waals surface area contributed by atoms with Crippen LogP contribution in [0.15, 0.2) is 23.3 Å². The molecule has 0 radical (unpaired) electrons. The molecule has 0 amide bonds. The number of hydrogen-bond acceptors (Lipinski definition) is 3. The molecule has 0 spiro atoms. The maximum atomic E-state index is 11.5. The molecule has 1 aromatic heterocycles. The van der Waals surface area contributed by atoms with Crippen LogP contribution in [0, 0.1) is 0 Å². The molecule has 82 valence electrons. The van der Waals surface area contributed by atoms with E-state index in [2.05, 4.69) is 18.0 Å². The van der Waals surface area contributed by atoms with Gasteiger partial charge in [-0.25, -0.2) is 4.98 Å². The Hall–Kier alpha value is -1.29. The standard InChI is InChI=1S/C10H14ClN3O/c1-2-3-4-5-6-14-7-13-9(12)8(11)10(14)15/h3-4,7H,2,5-6,12H2,1H3/b4-3+. The largest absolute Gasteiger partial charge is 0.382 e. The molecule has 0 saturated heterocycles. The molecule has 0 aliphatic heterocycles. The first-order valence-electron chi connectivity index (χ1n) is 4.82. The van der Waals surface area contributed by atoms with Crippen molar-refractivity contribution in [1.29, 1.82) is 0 Å². The molecule has 15 heavy (non-hydrogen) atoms. The van der Waals surface area contributed by atoms with Gasteiger partial charge in [0.2, 0.25) is 0 Å². The third-order valence-electron chi connectivity index (χ3n) is 1.95. The summed E-state index contributed by atoms with van der Waals surface area (Å²) in [6.07, 6.45) is 7.28. The molecule has 1 heterocycles. The zero-order chi connectivity index (χ0) is 11.3. The number of hydrogen-bond donors (Lipinski definition) is 1. The molecule has 4 nitrogen and oxygen atoms in total. The summed E-state index contributed by atoms with van der Waals surface area (Å²) in [4.78, 5) is 15.4. The molecule has 0 aliphatic rings. The lowest BCUT2D eigenvalue weighted by molar-refractivity contribution is 0.666. The number of nitrogen functional groups attached to an aromatic ring is 1. The van der Waals surface area contributed by atoms with Gasteiger partial charge in [0.05, 0.1) is 6.33 Å². The molecule has 0 saturated carbocycles. The molecule has 1 aromatic rings. The van der Waals surface area contributed by atoms with Crippen LogP contribution in [0.4, 0.5) is 5.82 Å². The number of anilines is 1. The minimum atomic E-state index is -0.283. The highest BCUT2D eigenvalue weighted by atomic mass is 35.5. The van der Waals surface area contributed by atoms with Crippen molar-refractivity contribution in [3.8, 4) is 0 Å². The zero-order valence-corrected chi connectivity index (χ0v) is 9.37. The molecule has 0 bridgehead atoms. The lowest BCUT2D eigenvalue weighted by Crippen LogP contribution is -2.22. The van der Waals surface area contributed by atoms with Crippen molar-refractivity contribution >= 4 is 17.4 Å². The number of nitrogens with two attached hydrogens (primary N) is 1. The Bertz CT molecular complexity index is 412. The van der Waals surface area contributed by atoms with E-state index in [-0.39, 0.29) is 16.4 Å². The van der Waals surface area contributed by atoms with E-state index in [1.807, 2.05) is 6.08 Å². The van der Waals surface area contributed by atoms with Gasteiger partial charge in [0.1, 0.15) is 10.8 Å². The predicted octanol–water partition coefficient (Wildman–Crippen LogP) is 1.84. The number of allylic oxidation sites excluding steroid dienone is 2. The summed E-state index contributed by atoms with van der Waals surface area (Å²) in [5, 5.41) is -0.00280. The lowest BCUT2D eigenvalue weighted by Gasteiger charge is -2.04. The van der Waals surface area contributed by atoms with Crippen LogP contribution >= 0.6 is 11.6 Å². The minimum Gasteiger partial charge on any atom is -0.382 e. The first-order valence-corrected chi connectivity index (χ1v) is 5.20. The van der Waals surface area contributed by atoms with Crippen LogP contribution in [0.2, 0.25) is 5.02 Å². The first kappa shape index (κ1) is 11.8. The van der Waals surface area contributed by atoms with Gasteiger partial charge in [-0.15, -0.1) is 0 Å². The monoisotopic (exact) mass is 227 g/mol. The second kappa shape index (κ2) is 5.56. The van der Waals surface area contributed by atoms with Gasteiger partial charge in [-0.2, -0.15) is 0 Å². The van der Waals surface area contributed by atoms with E-state index in [1.54, 1.807) is 0 Å². The van der Waals surface area contributed by atoms with Crippen LogP contribution in [0.1, 0.15) is 19.8 Å². The highest BCUT2D eigenvalue weighted by Crippen LogP contribution is 2.07.